The minimum atomic E-state index is 0.625. The molecule has 0 aliphatic carbocycles. The topological polar surface area (TPSA) is 32.5 Å². The van der Waals surface area contributed by atoms with Crippen molar-refractivity contribution in [2.45, 2.75) is 25.8 Å². The van der Waals surface area contributed by atoms with Gasteiger partial charge in [0.25, 0.3) is 0 Å². The molecule has 0 aromatic heterocycles. The van der Waals surface area contributed by atoms with Crippen LogP contribution in [0.3, 0.4) is 0 Å². The number of aryl methyl sites for hydroxylation is 1. The largest absolute Gasteiger partial charge is 0.370 e. The molecule has 0 spiro atoms. The predicted octanol–water partition coefficient (Wildman–Crippen LogP) is 2.62. The van der Waals surface area contributed by atoms with E-state index in [1.807, 2.05) is 0 Å². The fourth-order valence-corrected chi connectivity index (χ4v) is 3.37. The number of likely N-dealkylation sites (N-methyl/N-ethyl adjacent to an activating group) is 1. The van der Waals surface area contributed by atoms with Gasteiger partial charge in [0.05, 0.1) is 0 Å². The molecular weight excluding hydrogens is 302 g/mol. The summed E-state index contributed by atoms with van der Waals surface area (Å²) < 4.78 is 1.16. The standard InChI is InChI=1S/C15H24BrN3/c1-12-10-13(16)5-6-15(12)19-8-3-4-14(11-19)18(2)9-7-17/h5-6,10,14H,3-4,7-9,11,17H2,1-2H3. The van der Waals surface area contributed by atoms with E-state index in [4.69, 9.17) is 5.73 Å². The Hall–Kier alpha value is -0.580. The Morgan fingerprint density at radius 3 is 2.95 bits per heavy atom. The van der Waals surface area contributed by atoms with Crippen molar-refractivity contribution in [1.29, 1.82) is 0 Å². The first kappa shape index (κ1) is 14.8. The summed E-state index contributed by atoms with van der Waals surface area (Å²) in [6.45, 7) is 6.18. The van der Waals surface area contributed by atoms with E-state index in [1.165, 1.54) is 24.1 Å². The van der Waals surface area contributed by atoms with Crippen molar-refractivity contribution in [3.05, 3.63) is 28.2 Å². The number of piperidine rings is 1. The van der Waals surface area contributed by atoms with Crippen molar-refractivity contribution in [3.63, 3.8) is 0 Å². The van der Waals surface area contributed by atoms with Crippen LogP contribution in [0.1, 0.15) is 18.4 Å². The molecule has 1 fully saturated rings. The quantitative estimate of drug-likeness (QED) is 0.923. The second-order valence-corrected chi connectivity index (χ2v) is 6.36. The summed E-state index contributed by atoms with van der Waals surface area (Å²) in [6.07, 6.45) is 2.54. The van der Waals surface area contributed by atoms with Crippen LogP contribution >= 0.6 is 15.9 Å². The smallest absolute Gasteiger partial charge is 0.0397 e. The van der Waals surface area contributed by atoms with Gasteiger partial charge in [-0.25, -0.2) is 0 Å². The number of anilines is 1. The van der Waals surface area contributed by atoms with E-state index in [-0.39, 0.29) is 0 Å². The van der Waals surface area contributed by atoms with Crippen molar-refractivity contribution < 1.29 is 0 Å². The highest BCUT2D eigenvalue weighted by Crippen LogP contribution is 2.27. The minimum Gasteiger partial charge on any atom is -0.370 e. The first-order valence-corrected chi connectivity index (χ1v) is 7.82. The zero-order valence-electron chi connectivity index (χ0n) is 11.9. The lowest BCUT2D eigenvalue weighted by molar-refractivity contribution is 0.221. The summed E-state index contributed by atoms with van der Waals surface area (Å²) in [5.41, 5.74) is 8.38. The van der Waals surface area contributed by atoms with E-state index in [9.17, 15) is 0 Å². The molecule has 0 amide bonds. The van der Waals surface area contributed by atoms with Crippen LogP contribution in [-0.2, 0) is 0 Å². The zero-order valence-corrected chi connectivity index (χ0v) is 13.5. The minimum absolute atomic E-state index is 0.625. The fourth-order valence-electron chi connectivity index (χ4n) is 2.89. The molecule has 4 heteroatoms. The SMILES string of the molecule is Cc1cc(Br)ccc1N1CCCC(N(C)CCN)C1. The maximum absolute atomic E-state index is 5.66. The van der Waals surface area contributed by atoms with Crippen molar-refractivity contribution in [2.75, 3.05) is 38.1 Å². The number of nitrogens with zero attached hydrogens (tertiary/aromatic N) is 2. The van der Waals surface area contributed by atoms with Gasteiger partial charge in [0, 0.05) is 42.4 Å². The Labute approximate surface area is 124 Å². The van der Waals surface area contributed by atoms with Crippen LogP contribution in [0, 0.1) is 6.92 Å². The Morgan fingerprint density at radius 2 is 2.26 bits per heavy atom. The van der Waals surface area contributed by atoms with Crippen molar-refractivity contribution in [1.82, 2.24) is 4.90 Å². The van der Waals surface area contributed by atoms with Crippen LogP contribution in [0.25, 0.3) is 0 Å². The van der Waals surface area contributed by atoms with E-state index < -0.39 is 0 Å². The lowest BCUT2D eigenvalue weighted by Crippen LogP contribution is -2.48. The normalized spacial score (nSPS) is 20.1. The number of rotatable bonds is 4. The molecule has 1 aromatic carbocycles. The summed E-state index contributed by atoms with van der Waals surface area (Å²) in [4.78, 5) is 4.92. The molecule has 19 heavy (non-hydrogen) atoms. The third-order valence-electron chi connectivity index (χ3n) is 4.00. The van der Waals surface area contributed by atoms with Crippen LogP contribution < -0.4 is 10.6 Å². The predicted molar refractivity (Wildman–Crippen MR) is 85.8 cm³/mol. The molecule has 2 N–H and O–H groups in total. The molecule has 1 atom stereocenters. The number of hydrogen-bond donors (Lipinski definition) is 1. The fraction of sp³-hybridized carbons (Fsp3) is 0.600. The number of nitrogens with two attached hydrogens (primary N) is 1. The Kier molecular flexibility index (Phi) is 5.25. The average Bonchev–Trinajstić information content (AvgIpc) is 2.39. The first-order valence-electron chi connectivity index (χ1n) is 7.03. The van der Waals surface area contributed by atoms with E-state index >= 15 is 0 Å². The highest BCUT2D eigenvalue weighted by Gasteiger charge is 2.23. The molecule has 0 radical (unpaired) electrons. The van der Waals surface area contributed by atoms with Crippen molar-refractivity contribution in [2.24, 2.45) is 5.73 Å². The summed E-state index contributed by atoms with van der Waals surface area (Å²) in [6, 6.07) is 7.18. The van der Waals surface area contributed by atoms with Gasteiger partial charge in [-0.1, -0.05) is 15.9 Å². The molecule has 3 nitrogen and oxygen atoms in total. The van der Waals surface area contributed by atoms with Gasteiger partial charge in [0.15, 0.2) is 0 Å². The molecule has 106 valence electrons. The van der Waals surface area contributed by atoms with Crippen LogP contribution in [0.2, 0.25) is 0 Å². The second-order valence-electron chi connectivity index (χ2n) is 5.44. The third kappa shape index (κ3) is 3.71. The average molecular weight is 326 g/mol. The van der Waals surface area contributed by atoms with Gasteiger partial charge in [0.2, 0.25) is 0 Å². The monoisotopic (exact) mass is 325 g/mol. The maximum atomic E-state index is 5.66. The van der Waals surface area contributed by atoms with Crippen LogP contribution in [-0.4, -0.2) is 44.2 Å². The van der Waals surface area contributed by atoms with E-state index in [0.29, 0.717) is 6.04 Å². The molecule has 1 aliphatic heterocycles. The Balaban J connectivity index is 2.08. The van der Waals surface area contributed by atoms with Gasteiger partial charge in [0.1, 0.15) is 0 Å². The molecule has 2 rings (SSSR count). The molecule has 1 aromatic rings. The van der Waals surface area contributed by atoms with Gasteiger partial charge >= 0.3 is 0 Å². The molecular formula is C15H24BrN3. The summed E-state index contributed by atoms with van der Waals surface area (Å²) >= 11 is 3.54. The summed E-state index contributed by atoms with van der Waals surface area (Å²) in [5.74, 6) is 0. The van der Waals surface area contributed by atoms with Crippen LogP contribution in [0.4, 0.5) is 5.69 Å². The van der Waals surface area contributed by atoms with Crippen LogP contribution in [0.15, 0.2) is 22.7 Å². The van der Waals surface area contributed by atoms with Gasteiger partial charge in [-0.05, 0) is 50.6 Å². The second kappa shape index (κ2) is 6.73. The van der Waals surface area contributed by atoms with Gasteiger partial charge in [-0.3, -0.25) is 0 Å². The molecule has 1 heterocycles. The van der Waals surface area contributed by atoms with Gasteiger partial charge in [-0.2, -0.15) is 0 Å². The van der Waals surface area contributed by atoms with Crippen molar-refractivity contribution >= 4 is 21.6 Å². The molecule has 1 saturated heterocycles. The number of halogens is 1. The first-order chi connectivity index (χ1) is 9.11. The highest BCUT2D eigenvalue weighted by molar-refractivity contribution is 9.10. The maximum Gasteiger partial charge on any atom is 0.0397 e. The van der Waals surface area contributed by atoms with Gasteiger partial charge in [-0.15, -0.1) is 0 Å². The lowest BCUT2D eigenvalue weighted by Gasteiger charge is -2.39. The molecule has 0 bridgehead atoms. The molecule has 0 saturated carbocycles. The number of hydrogen-bond acceptors (Lipinski definition) is 3. The highest BCUT2D eigenvalue weighted by atomic mass is 79.9. The third-order valence-corrected chi connectivity index (χ3v) is 4.49. The van der Waals surface area contributed by atoms with Crippen LogP contribution in [0.5, 0.6) is 0 Å². The summed E-state index contributed by atoms with van der Waals surface area (Å²) in [5, 5.41) is 0. The Bertz CT molecular complexity index is 422. The van der Waals surface area contributed by atoms with Crippen molar-refractivity contribution in [3.8, 4) is 0 Å². The molecule has 1 aliphatic rings. The zero-order chi connectivity index (χ0) is 13.8. The molecule has 1 unspecified atom stereocenters. The lowest BCUT2D eigenvalue weighted by atomic mass is 10.0. The van der Waals surface area contributed by atoms with E-state index in [0.717, 1.165) is 30.7 Å². The van der Waals surface area contributed by atoms with Gasteiger partial charge < -0.3 is 15.5 Å². The summed E-state index contributed by atoms with van der Waals surface area (Å²) in [7, 11) is 2.19. The number of benzene rings is 1. The Morgan fingerprint density at radius 1 is 1.47 bits per heavy atom. The van der Waals surface area contributed by atoms with E-state index in [2.05, 4.69) is 57.9 Å². The van der Waals surface area contributed by atoms with E-state index in [1.54, 1.807) is 0 Å².